The second kappa shape index (κ2) is 6.37. The normalized spacial score (nSPS) is 14.2. The van der Waals surface area contributed by atoms with Gasteiger partial charge in [-0.1, -0.05) is 30.8 Å². The van der Waals surface area contributed by atoms with E-state index in [0.717, 1.165) is 23.0 Å². The van der Waals surface area contributed by atoms with Crippen molar-refractivity contribution in [3.05, 3.63) is 41.5 Å². The van der Waals surface area contributed by atoms with Crippen molar-refractivity contribution in [1.29, 1.82) is 0 Å². The molecule has 4 nitrogen and oxygen atoms in total. The molecule has 0 aliphatic rings. The summed E-state index contributed by atoms with van der Waals surface area (Å²) < 4.78 is 15.0. The van der Waals surface area contributed by atoms with Crippen LogP contribution in [0.25, 0.3) is 0 Å². The zero-order valence-corrected chi connectivity index (χ0v) is 12.7. The Bertz CT molecular complexity index is 567. The Hall–Kier alpha value is -1.40. The molecule has 108 valence electrons. The molecule has 0 aliphatic carbocycles. The van der Waals surface area contributed by atoms with Crippen molar-refractivity contribution in [3.63, 3.8) is 0 Å². The zero-order chi connectivity index (χ0) is 14.7. The summed E-state index contributed by atoms with van der Waals surface area (Å²) in [6.45, 7) is 3.95. The van der Waals surface area contributed by atoms with E-state index in [0.29, 0.717) is 0 Å². The first-order chi connectivity index (χ1) is 9.52. The van der Waals surface area contributed by atoms with Crippen molar-refractivity contribution >= 4 is 11.8 Å². The Morgan fingerprint density at radius 3 is 2.45 bits per heavy atom. The smallest absolute Gasteiger partial charge is 0.191 e. The summed E-state index contributed by atoms with van der Waals surface area (Å²) in [6.07, 6.45) is 0.839. The first-order valence-electron chi connectivity index (χ1n) is 6.56. The van der Waals surface area contributed by atoms with Crippen LogP contribution in [-0.4, -0.2) is 20.8 Å². The SMILES string of the molecule is CCC(N)C(Sc1nnc(C)n1C)c1ccc(F)cc1. The third kappa shape index (κ3) is 3.19. The lowest BCUT2D eigenvalue weighted by Gasteiger charge is -2.22. The summed E-state index contributed by atoms with van der Waals surface area (Å²) >= 11 is 1.57. The monoisotopic (exact) mass is 294 g/mol. The molecule has 2 rings (SSSR count). The standard InChI is InChI=1S/C14H19FN4S/c1-4-12(16)13(10-5-7-11(15)8-6-10)20-14-18-17-9(2)19(14)3/h5-8,12-13H,4,16H2,1-3H3. The molecule has 2 aromatic rings. The van der Waals surface area contributed by atoms with Gasteiger partial charge in [0.1, 0.15) is 11.6 Å². The van der Waals surface area contributed by atoms with Gasteiger partial charge in [0.15, 0.2) is 5.16 Å². The average Bonchev–Trinajstić information content (AvgIpc) is 2.77. The van der Waals surface area contributed by atoms with Crippen molar-refractivity contribution in [2.24, 2.45) is 12.8 Å². The fraction of sp³-hybridized carbons (Fsp3) is 0.429. The van der Waals surface area contributed by atoms with Crippen LogP contribution in [0, 0.1) is 12.7 Å². The maximum atomic E-state index is 13.1. The molecule has 2 atom stereocenters. The first kappa shape index (κ1) is 15.0. The van der Waals surface area contributed by atoms with Crippen LogP contribution in [0.15, 0.2) is 29.4 Å². The summed E-state index contributed by atoms with van der Waals surface area (Å²) in [5.41, 5.74) is 7.23. The molecule has 0 aliphatic heterocycles. The number of aryl methyl sites for hydroxylation is 1. The van der Waals surface area contributed by atoms with Gasteiger partial charge in [-0.3, -0.25) is 0 Å². The van der Waals surface area contributed by atoms with Crippen LogP contribution in [0.2, 0.25) is 0 Å². The second-order valence-electron chi connectivity index (χ2n) is 4.75. The van der Waals surface area contributed by atoms with Crippen LogP contribution < -0.4 is 5.73 Å². The Kier molecular flexibility index (Phi) is 4.77. The van der Waals surface area contributed by atoms with Gasteiger partial charge in [-0.2, -0.15) is 0 Å². The number of thioether (sulfide) groups is 1. The van der Waals surface area contributed by atoms with Crippen molar-refractivity contribution in [3.8, 4) is 0 Å². The summed E-state index contributed by atoms with van der Waals surface area (Å²) in [7, 11) is 1.93. The molecule has 0 spiro atoms. The topological polar surface area (TPSA) is 56.7 Å². The predicted octanol–water partition coefficient (Wildman–Crippen LogP) is 2.83. The molecule has 1 heterocycles. The van der Waals surface area contributed by atoms with Crippen LogP contribution in [0.3, 0.4) is 0 Å². The van der Waals surface area contributed by atoms with E-state index < -0.39 is 0 Å². The Labute approximate surface area is 122 Å². The van der Waals surface area contributed by atoms with E-state index in [1.165, 1.54) is 12.1 Å². The van der Waals surface area contributed by atoms with E-state index in [9.17, 15) is 4.39 Å². The van der Waals surface area contributed by atoms with Gasteiger partial charge in [-0.15, -0.1) is 10.2 Å². The van der Waals surface area contributed by atoms with Crippen molar-refractivity contribution in [2.45, 2.75) is 36.7 Å². The minimum absolute atomic E-state index is 0.0255. The molecule has 2 unspecified atom stereocenters. The molecule has 20 heavy (non-hydrogen) atoms. The lowest BCUT2D eigenvalue weighted by molar-refractivity contribution is 0.616. The van der Waals surface area contributed by atoms with Crippen LogP contribution in [-0.2, 0) is 7.05 Å². The van der Waals surface area contributed by atoms with E-state index in [2.05, 4.69) is 10.2 Å². The van der Waals surface area contributed by atoms with Gasteiger partial charge >= 0.3 is 0 Å². The number of rotatable bonds is 5. The average molecular weight is 294 g/mol. The number of hydrogen-bond acceptors (Lipinski definition) is 4. The summed E-state index contributed by atoms with van der Waals surface area (Å²) in [6, 6.07) is 6.47. The van der Waals surface area contributed by atoms with Crippen molar-refractivity contribution < 1.29 is 4.39 Å². The summed E-state index contributed by atoms with van der Waals surface area (Å²) in [5.74, 6) is 0.618. The number of nitrogens with zero attached hydrogens (tertiary/aromatic N) is 3. The summed E-state index contributed by atoms with van der Waals surface area (Å²) in [5, 5.41) is 9.07. The van der Waals surface area contributed by atoms with E-state index in [1.807, 2.05) is 25.5 Å². The molecule has 0 saturated heterocycles. The Morgan fingerprint density at radius 2 is 1.95 bits per heavy atom. The van der Waals surface area contributed by atoms with E-state index in [4.69, 9.17) is 5.73 Å². The van der Waals surface area contributed by atoms with Gasteiger partial charge in [-0.25, -0.2) is 4.39 Å². The maximum absolute atomic E-state index is 13.1. The van der Waals surface area contributed by atoms with Gasteiger partial charge in [0.2, 0.25) is 0 Å². The van der Waals surface area contributed by atoms with Crippen molar-refractivity contribution in [2.75, 3.05) is 0 Å². The molecule has 0 radical (unpaired) electrons. The van der Waals surface area contributed by atoms with Crippen LogP contribution >= 0.6 is 11.8 Å². The third-order valence-electron chi connectivity index (χ3n) is 3.34. The molecule has 0 fully saturated rings. The first-order valence-corrected chi connectivity index (χ1v) is 7.44. The number of halogens is 1. The lowest BCUT2D eigenvalue weighted by Crippen LogP contribution is -2.26. The maximum Gasteiger partial charge on any atom is 0.191 e. The van der Waals surface area contributed by atoms with E-state index in [-0.39, 0.29) is 17.1 Å². The molecule has 1 aromatic carbocycles. The molecule has 6 heteroatoms. The van der Waals surface area contributed by atoms with Gasteiger partial charge < -0.3 is 10.3 Å². The number of aromatic nitrogens is 3. The predicted molar refractivity (Wildman–Crippen MR) is 79.0 cm³/mol. The van der Waals surface area contributed by atoms with E-state index in [1.54, 1.807) is 23.9 Å². The third-order valence-corrected chi connectivity index (χ3v) is 4.79. The number of nitrogens with two attached hydrogens (primary N) is 1. The highest BCUT2D eigenvalue weighted by Gasteiger charge is 2.22. The highest BCUT2D eigenvalue weighted by atomic mass is 32.2. The summed E-state index contributed by atoms with van der Waals surface area (Å²) in [4.78, 5) is 0. The Balaban J connectivity index is 2.28. The van der Waals surface area contributed by atoms with Crippen LogP contribution in [0.5, 0.6) is 0 Å². The van der Waals surface area contributed by atoms with Gasteiger partial charge in [-0.05, 0) is 31.0 Å². The van der Waals surface area contributed by atoms with E-state index >= 15 is 0 Å². The quantitative estimate of drug-likeness (QED) is 0.862. The number of benzene rings is 1. The fourth-order valence-corrected chi connectivity index (χ4v) is 3.14. The van der Waals surface area contributed by atoms with Gasteiger partial charge in [0.05, 0.1) is 5.25 Å². The zero-order valence-electron chi connectivity index (χ0n) is 11.9. The van der Waals surface area contributed by atoms with Crippen LogP contribution in [0.1, 0.15) is 30.0 Å². The highest BCUT2D eigenvalue weighted by molar-refractivity contribution is 7.99. The largest absolute Gasteiger partial charge is 0.326 e. The minimum Gasteiger partial charge on any atom is -0.326 e. The van der Waals surface area contributed by atoms with Crippen LogP contribution in [0.4, 0.5) is 4.39 Å². The highest BCUT2D eigenvalue weighted by Crippen LogP contribution is 2.37. The lowest BCUT2D eigenvalue weighted by atomic mass is 10.0. The molecular formula is C14H19FN4S. The Morgan fingerprint density at radius 1 is 1.30 bits per heavy atom. The molecule has 0 bridgehead atoms. The molecule has 0 amide bonds. The second-order valence-corrected chi connectivity index (χ2v) is 5.86. The van der Waals surface area contributed by atoms with Gasteiger partial charge in [0, 0.05) is 13.1 Å². The minimum atomic E-state index is -0.239. The molecule has 2 N–H and O–H groups in total. The number of hydrogen-bond donors (Lipinski definition) is 1. The molecular weight excluding hydrogens is 275 g/mol. The van der Waals surface area contributed by atoms with Crippen molar-refractivity contribution in [1.82, 2.24) is 14.8 Å². The van der Waals surface area contributed by atoms with Gasteiger partial charge in [0.25, 0.3) is 0 Å². The molecule has 1 aromatic heterocycles. The fourth-order valence-electron chi connectivity index (χ4n) is 1.87. The molecule has 0 saturated carbocycles.